The Morgan fingerprint density at radius 1 is 1.26 bits per heavy atom. The van der Waals surface area contributed by atoms with Crippen LogP contribution >= 0.6 is 11.6 Å². The van der Waals surface area contributed by atoms with Crippen molar-refractivity contribution in [1.82, 2.24) is 4.90 Å². The van der Waals surface area contributed by atoms with Gasteiger partial charge in [-0.05, 0) is 54.8 Å². The van der Waals surface area contributed by atoms with Gasteiger partial charge >= 0.3 is 5.97 Å². The molecule has 0 saturated carbocycles. The summed E-state index contributed by atoms with van der Waals surface area (Å²) in [5.74, 6) is -1.02. The summed E-state index contributed by atoms with van der Waals surface area (Å²) < 4.78 is 11.1. The second-order valence-corrected chi connectivity index (χ2v) is 8.45. The molecule has 2 heterocycles. The molecular weight excluding hydrogens is 460 g/mol. The van der Waals surface area contributed by atoms with Crippen molar-refractivity contribution < 1.29 is 28.6 Å². The number of aliphatic hydroxyl groups is 1. The molecule has 0 aliphatic carbocycles. The number of esters is 1. The molecule has 0 saturated heterocycles. The fourth-order valence-electron chi connectivity index (χ4n) is 3.32. The Hall–Kier alpha value is -3.67. The Labute approximate surface area is 201 Å². The summed E-state index contributed by atoms with van der Waals surface area (Å²) in [5.41, 5.74) is 0.941. The van der Waals surface area contributed by atoms with Gasteiger partial charge in [-0.1, -0.05) is 25.4 Å². The van der Waals surface area contributed by atoms with Crippen molar-refractivity contribution in [3.8, 4) is 17.4 Å². The molecule has 3 rings (SSSR count). The first kappa shape index (κ1) is 25.0. The van der Waals surface area contributed by atoms with Gasteiger partial charge in [-0.2, -0.15) is 5.26 Å². The van der Waals surface area contributed by atoms with Crippen LogP contribution in [0.5, 0.6) is 0 Å². The van der Waals surface area contributed by atoms with Crippen LogP contribution in [0.15, 0.2) is 51.5 Å². The topological polar surface area (TPSA) is 121 Å². The van der Waals surface area contributed by atoms with E-state index >= 15 is 0 Å². The van der Waals surface area contributed by atoms with Gasteiger partial charge in [0.2, 0.25) is 0 Å². The van der Waals surface area contributed by atoms with Crippen LogP contribution in [0.4, 0.5) is 0 Å². The van der Waals surface area contributed by atoms with Crippen molar-refractivity contribution in [1.29, 1.82) is 5.26 Å². The summed E-state index contributed by atoms with van der Waals surface area (Å²) in [5, 5.41) is 18.8. The first-order valence-corrected chi connectivity index (χ1v) is 10.9. The van der Waals surface area contributed by atoms with Crippen molar-refractivity contribution in [2.75, 3.05) is 19.8 Å². The van der Waals surface area contributed by atoms with Crippen molar-refractivity contribution in [2.24, 2.45) is 5.92 Å². The maximum Gasteiger partial charge on any atom is 0.339 e. The number of carbonyl (C=O) groups excluding carboxylic acids is 3. The van der Waals surface area contributed by atoms with Crippen LogP contribution in [0.3, 0.4) is 0 Å². The number of rotatable bonds is 7. The Balaban J connectivity index is 1.95. The zero-order chi connectivity index (χ0) is 25.0. The largest absolute Gasteiger partial charge is 0.462 e. The minimum Gasteiger partial charge on any atom is -0.462 e. The van der Waals surface area contributed by atoms with Gasteiger partial charge in [0.05, 0.1) is 30.3 Å². The minimum absolute atomic E-state index is 0.111. The highest BCUT2D eigenvalue weighted by Gasteiger charge is 2.35. The standard InChI is InChI=1S/C25H23ClN2O6/c1-14(2)13-33-25(32)19-10-16(4-6-21(19)26)22-7-5-17(34-22)11-18-15(3)20(12-27)24(31)28(8-9-29)23(18)30/h4-7,10-11,14,29H,8-9,13H2,1-3H3. The quantitative estimate of drug-likeness (QED) is 0.359. The Kier molecular flexibility index (Phi) is 7.72. The van der Waals surface area contributed by atoms with E-state index in [-0.39, 0.29) is 46.4 Å². The van der Waals surface area contributed by atoms with Gasteiger partial charge in [-0.3, -0.25) is 14.5 Å². The van der Waals surface area contributed by atoms with Gasteiger partial charge in [-0.15, -0.1) is 0 Å². The van der Waals surface area contributed by atoms with E-state index in [1.807, 2.05) is 19.9 Å². The molecule has 1 aromatic heterocycles. The molecule has 0 bridgehead atoms. The highest BCUT2D eigenvalue weighted by molar-refractivity contribution is 6.33. The van der Waals surface area contributed by atoms with Crippen LogP contribution in [-0.2, 0) is 14.3 Å². The van der Waals surface area contributed by atoms with Crippen LogP contribution in [0.25, 0.3) is 17.4 Å². The lowest BCUT2D eigenvalue weighted by molar-refractivity contribution is -0.141. The lowest BCUT2D eigenvalue weighted by atomic mass is 9.95. The smallest absolute Gasteiger partial charge is 0.339 e. The van der Waals surface area contributed by atoms with Crippen LogP contribution in [0.2, 0.25) is 5.02 Å². The van der Waals surface area contributed by atoms with E-state index in [0.29, 0.717) is 17.1 Å². The average molecular weight is 483 g/mol. The highest BCUT2D eigenvalue weighted by Crippen LogP contribution is 2.31. The zero-order valence-electron chi connectivity index (χ0n) is 18.9. The van der Waals surface area contributed by atoms with E-state index in [4.69, 9.17) is 20.8 Å². The fourth-order valence-corrected chi connectivity index (χ4v) is 3.51. The SMILES string of the molecule is CC1=C(C#N)C(=O)N(CCO)C(=O)C1=Cc1ccc(-c2ccc(Cl)c(C(=O)OCC(C)C)c2)o1. The molecule has 1 aliphatic heterocycles. The second-order valence-electron chi connectivity index (χ2n) is 8.04. The number of aliphatic hydroxyl groups excluding tert-OH is 1. The number of hydrogen-bond donors (Lipinski definition) is 1. The molecule has 0 atom stereocenters. The lowest BCUT2D eigenvalue weighted by Gasteiger charge is -2.26. The highest BCUT2D eigenvalue weighted by atomic mass is 35.5. The number of nitriles is 1. The summed E-state index contributed by atoms with van der Waals surface area (Å²) in [4.78, 5) is 38.4. The van der Waals surface area contributed by atoms with Crippen LogP contribution in [0, 0.1) is 17.2 Å². The lowest BCUT2D eigenvalue weighted by Crippen LogP contribution is -2.44. The van der Waals surface area contributed by atoms with E-state index in [9.17, 15) is 24.8 Å². The summed E-state index contributed by atoms with van der Waals surface area (Å²) in [7, 11) is 0. The number of hydrogen-bond acceptors (Lipinski definition) is 7. The Morgan fingerprint density at radius 3 is 2.65 bits per heavy atom. The second kappa shape index (κ2) is 10.5. The van der Waals surface area contributed by atoms with E-state index in [1.54, 1.807) is 30.3 Å². The van der Waals surface area contributed by atoms with Crippen molar-refractivity contribution in [3.63, 3.8) is 0 Å². The van der Waals surface area contributed by atoms with Crippen LogP contribution < -0.4 is 0 Å². The number of ether oxygens (including phenoxy) is 1. The van der Waals surface area contributed by atoms with E-state index in [0.717, 1.165) is 4.90 Å². The number of carbonyl (C=O) groups is 3. The predicted molar refractivity (Wildman–Crippen MR) is 124 cm³/mol. The molecule has 1 aromatic carbocycles. The van der Waals surface area contributed by atoms with Gasteiger partial charge in [0, 0.05) is 11.1 Å². The number of β-amino-alcohol motifs (C(OH)–C–C–N with tert-alkyl or cyclic N) is 1. The molecule has 0 spiro atoms. The molecule has 8 nitrogen and oxygen atoms in total. The summed E-state index contributed by atoms with van der Waals surface area (Å²) >= 11 is 6.18. The number of imide groups is 1. The molecule has 176 valence electrons. The van der Waals surface area contributed by atoms with Crippen LogP contribution in [-0.4, -0.2) is 47.5 Å². The average Bonchev–Trinajstić information content (AvgIpc) is 3.27. The molecule has 0 radical (unpaired) electrons. The molecular formula is C25H23ClN2O6. The monoisotopic (exact) mass is 482 g/mol. The van der Waals surface area contributed by atoms with Crippen molar-refractivity contribution in [2.45, 2.75) is 20.8 Å². The maximum absolute atomic E-state index is 12.8. The fraction of sp³-hybridized carbons (Fsp3) is 0.280. The number of amides is 2. The summed E-state index contributed by atoms with van der Waals surface area (Å²) in [6.45, 7) is 4.98. The predicted octanol–water partition coefficient (Wildman–Crippen LogP) is 4.00. The van der Waals surface area contributed by atoms with Gasteiger partial charge in [0.1, 0.15) is 23.2 Å². The van der Waals surface area contributed by atoms with Crippen molar-refractivity contribution in [3.05, 3.63) is 63.4 Å². The van der Waals surface area contributed by atoms with E-state index < -0.39 is 24.4 Å². The van der Waals surface area contributed by atoms with Gasteiger partial charge < -0.3 is 14.3 Å². The Bertz CT molecular complexity index is 1250. The molecule has 0 unspecified atom stereocenters. The molecule has 1 aliphatic rings. The zero-order valence-corrected chi connectivity index (χ0v) is 19.7. The Morgan fingerprint density at radius 2 is 2.00 bits per heavy atom. The van der Waals surface area contributed by atoms with Crippen molar-refractivity contribution >= 4 is 35.5 Å². The van der Waals surface area contributed by atoms with E-state index in [2.05, 4.69) is 0 Å². The summed E-state index contributed by atoms with van der Waals surface area (Å²) in [6, 6.07) is 9.92. The third kappa shape index (κ3) is 5.11. The minimum atomic E-state index is -0.741. The van der Waals surface area contributed by atoms with Gasteiger partial charge in [0.25, 0.3) is 11.8 Å². The van der Waals surface area contributed by atoms with Gasteiger partial charge in [-0.25, -0.2) is 4.79 Å². The van der Waals surface area contributed by atoms with E-state index in [1.165, 1.54) is 13.0 Å². The third-order valence-corrected chi connectivity index (χ3v) is 5.41. The van der Waals surface area contributed by atoms with Gasteiger partial charge in [0.15, 0.2) is 0 Å². The molecule has 34 heavy (non-hydrogen) atoms. The molecule has 9 heteroatoms. The number of furan rings is 1. The maximum atomic E-state index is 12.8. The number of nitrogens with zero attached hydrogens (tertiary/aromatic N) is 2. The molecule has 1 N–H and O–H groups in total. The normalized spacial score (nSPS) is 15.3. The number of halogens is 1. The first-order chi connectivity index (χ1) is 16.2. The first-order valence-electron chi connectivity index (χ1n) is 10.5. The third-order valence-electron chi connectivity index (χ3n) is 5.08. The van der Waals surface area contributed by atoms with Crippen LogP contribution in [0.1, 0.15) is 36.9 Å². The molecule has 0 fully saturated rings. The molecule has 2 aromatic rings. The number of benzene rings is 1. The molecule has 2 amide bonds. The summed E-state index contributed by atoms with van der Waals surface area (Å²) in [6.07, 6.45) is 1.43.